The van der Waals surface area contributed by atoms with Gasteiger partial charge in [0.1, 0.15) is 11.5 Å². The van der Waals surface area contributed by atoms with Crippen LogP contribution in [-0.2, 0) is 20.8 Å². The van der Waals surface area contributed by atoms with E-state index in [1.165, 1.54) is 38.5 Å². The van der Waals surface area contributed by atoms with E-state index >= 15 is 0 Å². The molecule has 0 aromatic heterocycles. The number of hydrogen-bond acceptors (Lipinski definition) is 3. The van der Waals surface area contributed by atoms with Crippen molar-refractivity contribution in [2.75, 3.05) is 7.11 Å². The predicted molar refractivity (Wildman–Crippen MR) is 111 cm³/mol. The van der Waals surface area contributed by atoms with Crippen LogP contribution in [0.4, 0.5) is 0 Å². The van der Waals surface area contributed by atoms with Crippen LogP contribution >= 0.6 is 17.0 Å². The number of aromatic hydroxyl groups is 1. The maximum atomic E-state index is 10.8. The van der Waals surface area contributed by atoms with Crippen LogP contribution in [0.2, 0.25) is 0 Å². The van der Waals surface area contributed by atoms with Crippen molar-refractivity contribution in [3.05, 3.63) is 23.3 Å². The molecule has 27 heavy (non-hydrogen) atoms. The van der Waals surface area contributed by atoms with Gasteiger partial charge in [-0.3, -0.25) is 4.99 Å². The van der Waals surface area contributed by atoms with E-state index < -0.39 is 20.8 Å². The number of ether oxygens (including phenoxy) is 1. The summed E-state index contributed by atoms with van der Waals surface area (Å²) in [4.78, 5) is 4.82. The molecule has 3 nitrogen and oxygen atoms in total. The van der Waals surface area contributed by atoms with E-state index in [1.54, 1.807) is 7.11 Å². The summed E-state index contributed by atoms with van der Waals surface area (Å²) in [5, 5.41) is 10.8. The summed E-state index contributed by atoms with van der Waals surface area (Å²) >= 11 is -0.826. The average molecular weight is 492 g/mol. The Morgan fingerprint density at radius 1 is 1.07 bits per heavy atom. The average Bonchev–Trinajstić information content (AvgIpc) is 2.69. The SMILES string of the molecule is COc1cc(C=NC2CCCCC2C)c(O)c(C2CCCCC2)c1.[Cl][Zr][Cl]. The number of halogens is 2. The summed E-state index contributed by atoms with van der Waals surface area (Å²) < 4.78 is 5.48. The molecule has 2 saturated carbocycles. The van der Waals surface area contributed by atoms with Crippen molar-refractivity contribution < 1.29 is 30.7 Å². The maximum absolute atomic E-state index is 10.8. The molecule has 1 aromatic rings. The van der Waals surface area contributed by atoms with Crippen molar-refractivity contribution in [3.63, 3.8) is 0 Å². The number of methoxy groups -OCH3 is 1. The second kappa shape index (κ2) is 12.5. The second-order valence-electron chi connectivity index (χ2n) is 7.67. The first-order chi connectivity index (χ1) is 13.1. The summed E-state index contributed by atoms with van der Waals surface area (Å²) in [6, 6.07) is 4.33. The van der Waals surface area contributed by atoms with Gasteiger partial charge in [0.25, 0.3) is 0 Å². The van der Waals surface area contributed by atoms with Crippen LogP contribution in [0.25, 0.3) is 0 Å². The van der Waals surface area contributed by atoms with Gasteiger partial charge in [-0.05, 0) is 49.7 Å². The van der Waals surface area contributed by atoms with Gasteiger partial charge in [-0.2, -0.15) is 0 Å². The van der Waals surface area contributed by atoms with Gasteiger partial charge in [-0.1, -0.05) is 39.0 Å². The summed E-state index contributed by atoms with van der Waals surface area (Å²) in [5.74, 6) is 2.33. The molecule has 6 heteroatoms. The first-order valence-electron chi connectivity index (χ1n) is 10.0. The predicted octanol–water partition coefficient (Wildman–Crippen LogP) is 6.82. The molecule has 2 atom stereocenters. The Kier molecular flexibility index (Phi) is 10.8. The van der Waals surface area contributed by atoms with Gasteiger partial charge in [0.15, 0.2) is 0 Å². The third kappa shape index (κ3) is 7.05. The van der Waals surface area contributed by atoms with Crippen molar-refractivity contribution >= 4 is 23.2 Å². The molecule has 1 N–H and O–H groups in total. The minimum atomic E-state index is -0.826. The van der Waals surface area contributed by atoms with Crippen molar-refractivity contribution in [1.82, 2.24) is 0 Å². The van der Waals surface area contributed by atoms with Crippen LogP contribution in [0.5, 0.6) is 11.5 Å². The Morgan fingerprint density at radius 3 is 2.33 bits per heavy atom. The third-order valence-corrected chi connectivity index (χ3v) is 5.89. The van der Waals surface area contributed by atoms with Gasteiger partial charge < -0.3 is 9.84 Å². The molecule has 0 heterocycles. The van der Waals surface area contributed by atoms with Gasteiger partial charge in [0.2, 0.25) is 0 Å². The number of phenols is 1. The van der Waals surface area contributed by atoms with Crippen LogP contribution in [0.3, 0.4) is 0 Å². The second-order valence-corrected chi connectivity index (χ2v) is 11.4. The van der Waals surface area contributed by atoms with Crippen molar-refractivity contribution in [2.45, 2.75) is 76.7 Å². The van der Waals surface area contributed by atoms with Crippen LogP contribution in [0.15, 0.2) is 17.1 Å². The van der Waals surface area contributed by atoms with Gasteiger partial charge in [0, 0.05) is 17.3 Å². The number of phenolic OH excluding ortho intramolecular Hbond substituents is 1. The van der Waals surface area contributed by atoms with Gasteiger partial charge in [-0.25, -0.2) is 0 Å². The molecule has 0 bridgehead atoms. The third-order valence-electron chi connectivity index (χ3n) is 5.89. The Balaban J connectivity index is 0.000000817. The summed E-state index contributed by atoms with van der Waals surface area (Å²) in [6.07, 6.45) is 13.1. The summed E-state index contributed by atoms with van der Waals surface area (Å²) in [5.41, 5.74) is 1.86. The first kappa shape index (κ1) is 23.2. The van der Waals surface area contributed by atoms with E-state index in [-0.39, 0.29) is 0 Å². The number of aliphatic imine (C=N–C) groups is 1. The Bertz CT molecular complexity index is 606. The molecule has 2 unspecified atom stereocenters. The van der Waals surface area contributed by atoms with Crippen molar-refractivity contribution in [1.29, 1.82) is 0 Å². The van der Waals surface area contributed by atoms with Gasteiger partial charge in [0.05, 0.1) is 13.2 Å². The fourth-order valence-electron chi connectivity index (χ4n) is 4.29. The number of benzene rings is 1. The van der Waals surface area contributed by atoms with Gasteiger partial charge >= 0.3 is 37.9 Å². The molecule has 150 valence electrons. The molecule has 0 aliphatic heterocycles. The standard InChI is InChI=1S/C21H31NO2.2ClH.Zr/c1-15-8-6-7-11-20(15)22-14-17-12-18(24-2)13-19(21(17)23)16-9-4-3-5-10-16;;;/h12-16,20,23H,3-11H2,1-2H3;2*1H;/q;;;+2/p-2. The summed E-state index contributed by atoms with van der Waals surface area (Å²) in [6.45, 7) is 2.29. The number of rotatable bonds is 4. The van der Waals surface area contributed by atoms with E-state index in [0.717, 1.165) is 36.1 Å². The summed E-state index contributed by atoms with van der Waals surface area (Å²) in [7, 11) is 11.6. The Hall–Kier alpha value is -0.0469. The van der Waals surface area contributed by atoms with E-state index in [0.29, 0.717) is 23.6 Å². The van der Waals surface area contributed by atoms with E-state index in [9.17, 15) is 5.11 Å². The normalized spacial score (nSPS) is 23.6. The van der Waals surface area contributed by atoms with Gasteiger partial charge in [-0.15, -0.1) is 0 Å². The van der Waals surface area contributed by atoms with Crippen LogP contribution < -0.4 is 4.74 Å². The molecule has 0 spiro atoms. The quantitative estimate of drug-likeness (QED) is 0.470. The van der Waals surface area contributed by atoms with E-state index in [1.807, 2.05) is 18.3 Å². The molecule has 2 aliphatic carbocycles. The topological polar surface area (TPSA) is 41.8 Å². The van der Waals surface area contributed by atoms with Crippen molar-refractivity contribution in [2.24, 2.45) is 10.9 Å². The Morgan fingerprint density at radius 2 is 1.70 bits per heavy atom. The fourth-order valence-corrected chi connectivity index (χ4v) is 4.29. The zero-order valence-electron chi connectivity index (χ0n) is 16.4. The molecule has 0 radical (unpaired) electrons. The van der Waals surface area contributed by atoms with Crippen molar-refractivity contribution in [3.8, 4) is 11.5 Å². The molecule has 0 amide bonds. The zero-order valence-corrected chi connectivity index (χ0v) is 20.4. The Labute approximate surface area is 182 Å². The molecule has 1 aromatic carbocycles. The molecule has 0 saturated heterocycles. The zero-order chi connectivity index (χ0) is 19.6. The minimum absolute atomic E-state index is 0.391. The fraction of sp³-hybridized carbons (Fsp3) is 0.667. The number of hydrogen-bond donors (Lipinski definition) is 1. The van der Waals surface area contributed by atoms with Crippen LogP contribution in [-0.4, -0.2) is 24.5 Å². The van der Waals surface area contributed by atoms with E-state index in [4.69, 9.17) is 26.8 Å². The monoisotopic (exact) mass is 489 g/mol. The molecule has 2 aliphatic rings. The molecular formula is C21H31Cl2NO2Zr. The number of nitrogens with zero attached hydrogens (tertiary/aromatic N) is 1. The van der Waals surface area contributed by atoms with E-state index in [2.05, 4.69) is 6.92 Å². The van der Waals surface area contributed by atoms with Crippen LogP contribution in [0.1, 0.15) is 81.8 Å². The molecular weight excluding hydrogens is 460 g/mol. The van der Waals surface area contributed by atoms with Crippen LogP contribution in [0, 0.1) is 5.92 Å². The molecule has 2 fully saturated rings. The first-order valence-corrected chi connectivity index (χ1v) is 16.3. The molecule has 3 rings (SSSR count).